The van der Waals surface area contributed by atoms with Crippen molar-refractivity contribution >= 4 is 0 Å². The molecule has 2 saturated carbocycles. The number of nitrogens with two attached hydrogens (primary N) is 1. The molecule has 0 heterocycles. The van der Waals surface area contributed by atoms with Crippen LogP contribution in [-0.4, -0.2) is 18.1 Å². The molecule has 0 radical (unpaired) electrons. The first-order valence-electron chi connectivity index (χ1n) is 9.66. The molecule has 0 saturated heterocycles. The van der Waals surface area contributed by atoms with Crippen molar-refractivity contribution in [1.29, 1.82) is 0 Å². The molecular weight excluding hydrogens is 327 g/mol. The largest absolute Gasteiger partial charge is 0.489 e. The number of ether oxygens (including phenoxy) is 1. The quantitative estimate of drug-likeness (QED) is 0.820. The van der Waals surface area contributed by atoms with Gasteiger partial charge in [-0.05, 0) is 67.5 Å². The molecule has 2 aliphatic carbocycles. The number of hydrogen-bond donors (Lipinski definition) is 2. The van der Waals surface area contributed by atoms with Gasteiger partial charge < -0.3 is 15.8 Å². The van der Waals surface area contributed by atoms with E-state index in [0.717, 1.165) is 24.2 Å². The Labute approximate surface area is 154 Å². The second kappa shape index (κ2) is 7.77. The molecule has 2 fully saturated rings. The lowest BCUT2D eigenvalue weighted by Crippen LogP contribution is -2.38. The Morgan fingerprint density at radius 2 is 1.65 bits per heavy atom. The molecule has 0 bridgehead atoms. The predicted octanol–water partition coefficient (Wildman–Crippen LogP) is 4.12. The zero-order valence-corrected chi connectivity index (χ0v) is 15.0. The Morgan fingerprint density at radius 3 is 2.35 bits per heavy atom. The van der Waals surface area contributed by atoms with Gasteiger partial charge in [-0.25, -0.2) is 4.39 Å². The molecule has 2 unspecified atom stereocenters. The monoisotopic (exact) mass is 354 g/mol. The number of nitrogens with one attached hydrogen (secondary N) is 1. The summed E-state index contributed by atoms with van der Waals surface area (Å²) in [4.78, 5) is 0. The van der Waals surface area contributed by atoms with Crippen LogP contribution in [0.25, 0.3) is 0 Å². The van der Waals surface area contributed by atoms with Gasteiger partial charge in [0.1, 0.15) is 18.2 Å². The summed E-state index contributed by atoms with van der Waals surface area (Å²) in [5, 5.41) is 3.81. The van der Waals surface area contributed by atoms with Gasteiger partial charge in [-0.15, -0.1) is 0 Å². The van der Waals surface area contributed by atoms with Crippen LogP contribution in [0.15, 0.2) is 48.5 Å². The van der Waals surface area contributed by atoms with Crippen molar-refractivity contribution in [1.82, 2.24) is 5.32 Å². The van der Waals surface area contributed by atoms with Crippen LogP contribution in [0.3, 0.4) is 0 Å². The molecule has 3 nitrogen and oxygen atoms in total. The zero-order valence-electron chi connectivity index (χ0n) is 15.0. The fraction of sp³-hybridized carbons (Fsp3) is 0.455. The van der Waals surface area contributed by atoms with Gasteiger partial charge in [-0.1, -0.05) is 24.3 Å². The van der Waals surface area contributed by atoms with Gasteiger partial charge in [-0.2, -0.15) is 0 Å². The van der Waals surface area contributed by atoms with Gasteiger partial charge in [0.25, 0.3) is 0 Å². The lowest BCUT2D eigenvalue weighted by Gasteiger charge is -2.27. The van der Waals surface area contributed by atoms with Gasteiger partial charge in [-0.3, -0.25) is 0 Å². The minimum atomic E-state index is -0.221. The van der Waals surface area contributed by atoms with Crippen LogP contribution in [-0.2, 0) is 6.61 Å². The molecule has 2 aliphatic rings. The third-order valence-corrected chi connectivity index (χ3v) is 5.64. The molecule has 0 aromatic heterocycles. The van der Waals surface area contributed by atoms with Gasteiger partial charge in [0, 0.05) is 24.0 Å². The Balaban J connectivity index is 1.25. The molecule has 0 amide bonds. The molecule has 138 valence electrons. The first-order valence-corrected chi connectivity index (χ1v) is 9.66. The third kappa shape index (κ3) is 4.43. The maximum absolute atomic E-state index is 12.9. The summed E-state index contributed by atoms with van der Waals surface area (Å²) in [7, 11) is 0. The Morgan fingerprint density at radius 1 is 0.962 bits per heavy atom. The van der Waals surface area contributed by atoms with Crippen LogP contribution in [0.5, 0.6) is 5.75 Å². The normalized spacial score (nSPS) is 27.9. The van der Waals surface area contributed by atoms with E-state index in [0.29, 0.717) is 30.7 Å². The van der Waals surface area contributed by atoms with Crippen LogP contribution in [0.4, 0.5) is 4.39 Å². The van der Waals surface area contributed by atoms with Crippen molar-refractivity contribution in [2.75, 3.05) is 0 Å². The smallest absolute Gasteiger partial charge is 0.123 e. The van der Waals surface area contributed by atoms with Crippen molar-refractivity contribution in [2.45, 2.75) is 62.8 Å². The zero-order chi connectivity index (χ0) is 17.9. The van der Waals surface area contributed by atoms with Crippen molar-refractivity contribution in [2.24, 2.45) is 5.73 Å². The molecule has 2 aromatic carbocycles. The molecule has 3 N–H and O–H groups in total. The standard InChI is InChI=1S/C22H27FN2O/c23-17-5-1-15(2-6-17)14-26-20-11-3-16(4-12-20)21-13-22(21)25-19-9-7-18(24)8-10-19/h1-6,11-12,18-19,21-22,25H,7-10,13-14,24H2. The highest BCUT2D eigenvalue weighted by Gasteiger charge is 2.39. The van der Waals surface area contributed by atoms with E-state index in [1.165, 1.54) is 37.0 Å². The lowest BCUT2D eigenvalue weighted by atomic mass is 9.92. The average molecular weight is 354 g/mol. The minimum Gasteiger partial charge on any atom is -0.489 e. The molecular formula is C22H27FN2O. The SMILES string of the molecule is NC1CCC(NC2CC2c2ccc(OCc3ccc(F)cc3)cc2)CC1. The topological polar surface area (TPSA) is 47.3 Å². The highest BCUT2D eigenvalue weighted by molar-refractivity contribution is 5.34. The summed E-state index contributed by atoms with van der Waals surface area (Å²) in [6.07, 6.45) is 5.93. The summed E-state index contributed by atoms with van der Waals surface area (Å²) < 4.78 is 18.7. The van der Waals surface area contributed by atoms with E-state index in [4.69, 9.17) is 10.5 Å². The van der Waals surface area contributed by atoms with Crippen molar-refractivity contribution in [3.05, 3.63) is 65.5 Å². The van der Waals surface area contributed by atoms with E-state index < -0.39 is 0 Å². The number of benzene rings is 2. The van der Waals surface area contributed by atoms with E-state index in [1.54, 1.807) is 12.1 Å². The fourth-order valence-corrected chi connectivity index (χ4v) is 3.89. The summed E-state index contributed by atoms with van der Waals surface area (Å²) >= 11 is 0. The van der Waals surface area contributed by atoms with Crippen LogP contribution >= 0.6 is 0 Å². The van der Waals surface area contributed by atoms with Gasteiger partial charge in [0.2, 0.25) is 0 Å². The molecule has 26 heavy (non-hydrogen) atoms. The lowest BCUT2D eigenvalue weighted by molar-refractivity contribution is 0.306. The van der Waals surface area contributed by atoms with Crippen LogP contribution in [0.1, 0.15) is 49.1 Å². The van der Waals surface area contributed by atoms with E-state index in [1.807, 2.05) is 12.1 Å². The summed E-state index contributed by atoms with van der Waals surface area (Å²) in [6.45, 7) is 0.455. The van der Waals surface area contributed by atoms with Gasteiger partial charge >= 0.3 is 0 Å². The van der Waals surface area contributed by atoms with E-state index >= 15 is 0 Å². The minimum absolute atomic E-state index is 0.221. The Hall–Kier alpha value is -1.91. The van der Waals surface area contributed by atoms with Crippen molar-refractivity contribution in [3.63, 3.8) is 0 Å². The molecule has 2 aromatic rings. The molecule has 2 atom stereocenters. The first-order chi connectivity index (χ1) is 12.7. The number of rotatable bonds is 6. The number of hydrogen-bond acceptors (Lipinski definition) is 3. The highest BCUT2D eigenvalue weighted by atomic mass is 19.1. The average Bonchev–Trinajstić information content (AvgIpc) is 3.43. The second-order valence-corrected chi connectivity index (χ2v) is 7.71. The van der Waals surface area contributed by atoms with Crippen LogP contribution in [0, 0.1) is 5.82 Å². The fourth-order valence-electron chi connectivity index (χ4n) is 3.89. The second-order valence-electron chi connectivity index (χ2n) is 7.71. The van der Waals surface area contributed by atoms with Crippen molar-refractivity contribution in [3.8, 4) is 5.75 Å². The third-order valence-electron chi connectivity index (χ3n) is 5.64. The van der Waals surface area contributed by atoms with E-state index in [-0.39, 0.29) is 5.82 Å². The van der Waals surface area contributed by atoms with Gasteiger partial charge in [0.05, 0.1) is 0 Å². The van der Waals surface area contributed by atoms with E-state index in [2.05, 4.69) is 17.4 Å². The summed E-state index contributed by atoms with van der Waals surface area (Å²) in [6, 6.07) is 16.5. The van der Waals surface area contributed by atoms with Crippen molar-refractivity contribution < 1.29 is 9.13 Å². The van der Waals surface area contributed by atoms with Crippen LogP contribution < -0.4 is 15.8 Å². The maximum atomic E-state index is 12.9. The highest BCUT2D eigenvalue weighted by Crippen LogP contribution is 2.42. The number of halogens is 1. The van der Waals surface area contributed by atoms with Gasteiger partial charge in [0.15, 0.2) is 0 Å². The molecule has 4 rings (SSSR count). The molecule has 0 spiro atoms. The Bertz CT molecular complexity index is 708. The Kier molecular flexibility index (Phi) is 5.23. The molecule has 0 aliphatic heterocycles. The van der Waals surface area contributed by atoms with E-state index in [9.17, 15) is 4.39 Å². The summed E-state index contributed by atoms with van der Waals surface area (Å²) in [5.74, 6) is 1.25. The predicted molar refractivity (Wildman–Crippen MR) is 102 cm³/mol. The first kappa shape index (κ1) is 17.5. The molecule has 4 heteroatoms. The summed E-state index contributed by atoms with van der Waals surface area (Å²) in [5.41, 5.74) is 8.33. The maximum Gasteiger partial charge on any atom is 0.123 e. The van der Waals surface area contributed by atoms with Crippen LogP contribution in [0.2, 0.25) is 0 Å².